The van der Waals surface area contributed by atoms with Crippen LogP contribution in [0.2, 0.25) is 0 Å². The van der Waals surface area contributed by atoms with Gasteiger partial charge < -0.3 is 9.64 Å². The molecule has 1 saturated heterocycles. The molecule has 0 aliphatic carbocycles. The number of rotatable bonds is 4. The molecule has 1 fully saturated rings. The number of carbonyl (C=O) groups excluding carboxylic acids is 1. The molecule has 0 saturated carbocycles. The van der Waals surface area contributed by atoms with Crippen molar-refractivity contribution in [3.63, 3.8) is 0 Å². The van der Waals surface area contributed by atoms with E-state index >= 15 is 0 Å². The molecule has 0 atom stereocenters. The minimum atomic E-state index is 0.00734. The lowest BCUT2D eigenvalue weighted by molar-refractivity contribution is 0.0757. The molecule has 2 aromatic rings. The van der Waals surface area contributed by atoms with Crippen molar-refractivity contribution in [2.24, 2.45) is 0 Å². The van der Waals surface area contributed by atoms with Crippen LogP contribution in [0.1, 0.15) is 21.7 Å². The third-order valence-electron chi connectivity index (χ3n) is 4.03. The minimum Gasteiger partial charge on any atom is -0.480 e. The third-order valence-corrected chi connectivity index (χ3v) is 4.89. The van der Waals surface area contributed by atoms with E-state index in [1.54, 1.807) is 36.8 Å². The van der Waals surface area contributed by atoms with Gasteiger partial charge >= 0.3 is 0 Å². The second-order valence-corrected chi connectivity index (χ2v) is 6.59. The maximum absolute atomic E-state index is 12.7. The van der Waals surface area contributed by atoms with Crippen molar-refractivity contribution in [3.8, 4) is 5.88 Å². The van der Waals surface area contributed by atoms with E-state index in [4.69, 9.17) is 4.74 Å². The summed E-state index contributed by atoms with van der Waals surface area (Å²) in [5.41, 5.74) is 0.543. The lowest BCUT2D eigenvalue weighted by Gasteiger charge is -2.22. The Kier molecular flexibility index (Phi) is 5.25. The van der Waals surface area contributed by atoms with E-state index in [0.29, 0.717) is 11.4 Å². The van der Waals surface area contributed by atoms with E-state index in [-0.39, 0.29) is 5.91 Å². The molecule has 1 amide bonds. The Hall–Kier alpha value is -1.92. The van der Waals surface area contributed by atoms with Crippen molar-refractivity contribution in [1.82, 2.24) is 14.8 Å². The molecule has 0 N–H and O–H groups in total. The van der Waals surface area contributed by atoms with Gasteiger partial charge in [-0.25, -0.2) is 4.98 Å². The van der Waals surface area contributed by atoms with E-state index in [0.717, 1.165) is 39.1 Å². The zero-order valence-corrected chi connectivity index (χ0v) is 14.1. The van der Waals surface area contributed by atoms with E-state index < -0.39 is 0 Å². The molecule has 5 nitrogen and oxygen atoms in total. The van der Waals surface area contributed by atoms with E-state index in [1.165, 1.54) is 4.88 Å². The largest absolute Gasteiger partial charge is 0.480 e. The quantitative estimate of drug-likeness (QED) is 0.863. The summed E-state index contributed by atoms with van der Waals surface area (Å²) in [6, 6.07) is 7.81. The van der Waals surface area contributed by atoms with Crippen LogP contribution in [0.25, 0.3) is 0 Å². The van der Waals surface area contributed by atoms with Crippen LogP contribution in [0, 0.1) is 0 Å². The first kappa shape index (κ1) is 16.0. The fraction of sp³-hybridized carbons (Fsp3) is 0.412. The van der Waals surface area contributed by atoms with Crippen LogP contribution in [0.3, 0.4) is 0 Å². The molecular weight excluding hydrogens is 310 g/mol. The number of pyridine rings is 1. The number of hydrogen-bond acceptors (Lipinski definition) is 5. The van der Waals surface area contributed by atoms with Crippen LogP contribution in [0.4, 0.5) is 0 Å². The molecule has 122 valence electrons. The highest BCUT2D eigenvalue weighted by Crippen LogP contribution is 2.18. The van der Waals surface area contributed by atoms with E-state index in [1.807, 2.05) is 4.90 Å². The van der Waals surface area contributed by atoms with Crippen LogP contribution in [0.15, 0.2) is 35.8 Å². The van der Waals surface area contributed by atoms with Gasteiger partial charge in [0.1, 0.15) is 5.56 Å². The molecule has 0 bridgehead atoms. The predicted octanol–water partition coefficient (Wildman–Crippen LogP) is 2.50. The Morgan fingerprint density at radius 2 is 2.17 bits per heavy atom. The summed E-state index contributed by atoms with van der Waals surface area (Å²) in [6.45, 7) is 4.40. The Labute approximate surface area is 140 Å². The number of nitrogens with zero attached hydrogens (tertiary/aromatic N) is 3. The fourth-order valence-electron chi connectivity index (χ4n) is 2.84. The number of carbonyl (C=O) groups is 1. The van der Waals surface area contributed by atoms with E-state index in [2.05, 4.69) is 27.4 Å². The number of thiophene rings is 1. The van der Waals surface area contributed by atoms with Crippen LogP contribution >= 0.6 is 11.3 Å². The molecule has 0 radical (unpaired) electrons. The highest BCUT2D eigenvalue weighted by molar-refractivity contribution is 7.09. The molecule has 1 aliphatic rings. The van der Waals surface area contributed by atoms with Gasteiger partial charge in [-0.2, -0.15) is 0 Å². The summed E-state index contributed by atoms with van der Waals surface area (Å²) in [5, 5.41) is 2.11. The maximum atomic E-state index is 12.7. The highest BCUT2D eigenvalue weighted by Gasteiger charge is 2.23. The molecule has 23 heavy (non-hydrogen) atoms. The molecule has 0 spiro atoms. The number of amides is 1. The first-order chi connectivity index (χ1) is 11.3. The number of hydrogen-bond donors (Lipinski definition) is 0. The molecule has 6 heteroatoms. The smallest absolute Gasteiger partial charge is 0.259 e. The van der Waals surface area contributed by atoms with Crippen molar-refractivity contribution in [3.05, 3.63) is 46.3 Å². The first-order valence-corrected chi connectivity index (χ1v) is 8.69. The number of aromatic nitrogens is 1. The monoisotopic (exact) mass is 331 g/mol. The van der Waals surface area contributed by atoms with Crippen LogP contribution in [-0.2, 0) is 6.54 Å². The highest BCUT2D eigenvalue weighted by atomic mass is 32.1. The Balaban J connectivity index is 1.64. The van der Waals surface area contributed by atoms with Gasteiger partial charge in [-0.1, -0.05) is 6.07 Å². The SMILES string of the molecule is COc1ncccc1C(=O)N1CCCN(Cc2cccs2)CC1. The number of methoxy groups -OCH3 is 1. The lowest BCUT2D eigenvalue weighted by Crippen LogP contribution is -2.35. The molecule has 0 aromatic carbocycles. The van der Waals surface area contributed by atoms with Gasteiger partial charge in [0.2, 0.25) is 5.88 Å². The molecule has 1 aliphatic heterocycles. The van der Waals surface area contributed by atoms with Gasteiger partial charge in [0.25, 0.3) is 5.91 Å². The van der Waals surface area contributed by atoms with Crippen molar-refractivity contribution >= 4 is 17.2 Å². The second-order valence-electron chi connectivity index (χ2n) is 5.56. The first-order valence-electron chi connectivity index (χ1n) is 7.81. The molecule has 0 unspecified atom stereocenters. The van der Waals surface area contributed by atoms with Crippen molar-refractivity contribution in [1.29, 1.82) is 0 Å². The summed E-state index contributed by atoms with van der Waals surface area (Å²) >= 11 is 1.79. The summed E-state index contributed by atoms with van der Waals surface area (Å²) < 4.78 is 5.21. The van der Waals surface area contributed by atoms with Crippen molar-refractivity contribution < 1.29 is 9.53 Å². The second kappa shape index (κ2) is 7.57. The van der Waals surface area contributed by atoms with Crippen LogP contribution in [-0.4, -0.2) is 54.0 Å². The predicted molar refractivity (Wildman–Crippen MR) is 90.9 cm³/mol. The normalized spacial score (nSPS) is 16.1. The Morgan fingerprint density at radius 3 is 2.96 bits per heavy atom. The average molecular weight is 331 g/mol. The van der Waals surface area contributed by atoms with Crippen LogP contribution < -0.4 is 4.74 Å². The summed E-state index contributed by atoms with van der Waals surface area (Å²) in [4.78, 5) is 22.6. The lowest BCUT2D eigenvalue weighted by atomic mass is 10.2. The van der Waals surface area contributed by atoms with Crippen molar-refractivity contribution in [2.45, 2.75) is 13.0 Å². The van der Waals surface area contributed by atoms with Gasteiger partial charge in [-0.3, -0.25) is 9.69 Å². The average Bonchev–Trinajstić information content (AvgIpc) is 2.98. The maximum Gasteiger partial charge on any atom is 0.259 e. The van der Waals surface area contributed by atoms with Crippen LogP contribution in [0.5, 0.6) is 5.88 Å². The summed E-state index contributed by atoms with van der Waals surface area (Å²) in [6.07, 6.45) is 2.63. The summed E-state index contributed by atoms with van der Waals surface area (Å²) in [7, 11) is 1.55. The topological polar surface area (TPSA) is 45.7 Å². The molecular formula is C17H21N3O2S. The minimum absolute atomic E-state index is 0.00734. The molecule has 2 aromatic heterocycles. The Morgan fingerprint density at radius 1 is 1.26 bits per heavy atom. The van der Waals surface area contributed by atoms with Crippen molar-refractivity contribution in [2.75, 3.05) is 33.3 Å². The zero-order chi connectivity index (χ0) is 16.1. The fourth-order valence-corrected chi connectivity index (χ4v) is 3.59. The third kappa shape index (κ3) is 3.89. The Bertz CT molecular complexity index is 645. The molecule has 3 heterocycles. The summed E-state index contributed by atoms with van der Waals surface area (Å²) in [5.74, 6) is 0.408. The standard InChI is InChI=1S/C17H21N3O2S/c1-22-16-15(6-2-7-18-16)17(21)20-9-4-8-19(10-11-20)13-14-5-3-12-23-14/h2-3,5-7,12H,4,8-11,13H2,1H3. The van der Waals surface area contributed by atoms with Gasteiger partial charge in [0.15, 0.2) is 0 Å². The van der Waals surface area contributed by atoms with E-state index in [9.17, 15) is 4.79 Å². The van der Waals surface area contributed by atoms with Gasteiger partial charge in [-0.15, -0.1) is 11.3 Å². The number of ether oxygens (including phenoxy) is 1. The molecule has 3 rings (SSSR count). The van der Waals surface area contributed by atoms with Gasteiger partial charge in [0, 0.05) is 43.8 Å². The zero-order valence-electron chi connectivity index (χ0n) is 13.3. The van der Waals surface area contributed by atoms with Gasteiger partial charge in [-0.05, 0) is 30.0 Å². The van der Waals surface area contributed by atoms with Gasteiger partial charge in [0.05, 0.1) is 7.11 Å².